The van der Waals surface area contributed by atoms with Crippen LogP contribution in [0.3, 0.4) is 0 Å². The molecule has 0 aliphatic heterocycles. The number of carbonyl (C=O) groups excluding carboxylic acids is 5. The molecular weight excluding hydrogens is 452 g/mol. The van der Waals surface area contributed by atoms with Crippen molar-refractivity contribution in [3.63, 3.8) is 0 Å². The van der Waals surface area contributed by atoms with Crippen molar-refractivity contribution < 1.29 is 47.7 Å². The lowest BCUT2D eigenvalue weighted by molar-refractivity contribution is -0.197. The zero-order chi connectivity index (χ0) is 25.7. The van der Waals surface area contributed by atoms with Gasteiger partial charge in [-0.05, 0) is 12.1 Å². The summed E-state index contributed by atoms with van der Waals surface area (Å²) in [5.41, 5.74) is 3.32. The highest BCUT2D eigenvalue weighted by atomic mass is 16.6. The molecule has 1 aromatic rings. The van der Waals surface area contributed by atoms with Gasteiger partial charge < -0.3 is 23.7 Å². The quantitative estimate of drug-likeness (QED) is 0.199. The van der Waals surface area contributed by atoms with Crippen LogP contribution in [-0.2, 0) is 47.7 Å². The zero-order valence-corrected chi connectivity index (χ0v) is 19.5. The predicted molar refractivity (Wildman–Crippen MR) is 117 cm³/mol. The van der Waals surface area contributed by atoms with Gasteiger partial charge in [0, 0.05) is 34.6 Å². The summed E-state index contributed by atoms with van der Waals surface area (Å²) >= 11 is 0. The van der Waals surface area contributed by atoms with Crippen LogP contribution < -0.4 is 5.43 Å². The first-order valence-corrected chi connectivity index (χ1v) is 10.2. The molecule has 0 saturated heterocycles. The molecule has 1 rings (SSSR count). The van der Waals surface area contributed by atoms with Crippen LogP contribution in [0.1, 0.15) is 34.6 Å². The van der Waals surface area contributed by atoms with Gasteiger partial charge in [-0.15, -0.1) is 0 Å². The largest absolute Gasteiger partial charge is 0.462 e. The standard InChI is InChI=1S/C22H28N2O10/c1-13(25)30-12-20(32-15(3)27)22(34-17(5)29)21(33-16(4)28)19(31-14(2)26)11-23-24-18-9-7-6-8-10-18/h6-11,19-22,24H,12H2,1-5H3/b23-11+/t19-,20+,21+,22-/m0/s1. The maximum absolute atomic E-state index is 11.9. The molecule has 0 unspecified atom stereocenters. The highest BCUT2D eigenvalue weighted by Gasteiger charge is 2.43. The van der Waals surface area contributed by atoms with E-state index in [1.165, 1.54) is 0 Å². The summed E-state index contributed by atoms with van der Waals surface area (Å²) < 4.78 is 25.9. The number of benzene rings is 1. The SMILES string of the molecule is CC(=O)OC[C@@H](OC(C)=O)[C@H](OC(C)=O)[C@H](OC(C)=O)[C@H](/C=N/Nc1ccccc1)OC(C)=O. The zero-order valence-electron chi connectivity index (χ0n) is 19.5. The van der Waals surface area contributed by atoms with Crippen LogP contribution in [0, 0.1) is 0 Å². The van der Waals surface area contributed by atoms with Crippen LogP contribution in [0.2, 0.25) is 0 Å². The van der Waals surface area contributed by atoms with Crippen molar-refractivity contribution in [1.82, 2.24) is 0 Å². The molecule has 12 nitrogen and oxygen atoms in total. The van der Waals surface area contributed by atoms with Crippen LogP contribution >= 0.6 is 0 Å². The number of ether oxygens (including phenoxy) is 5. The van der Waals surface area contributed by atoms with Crippen LogP contribution in [0.15, 0.2) is 35.4 Å². The predicted octanol–water partition coefficient (Wildman–Crippen LogP) is 1.37. The van der Waals surface area contributed by atoms with Gasteiger partial charge in [-0.3, -0.25) is 29.4 Å². The van der Waals surface area contributed by atoms with Gasteiger partial charge in [-0.2, -0.15) is 5.10 Å². The van der Waals surface area contributed by atoms with E-state index in [-0.39, 0.29) is 0 Å². The fourth-order valence-corrected chi connectivity index (χ4v) is 2.74. The third-order valence-corrected chi connectivity index (χ3v) is 3.88. The minimum absolute atomic E-state index is 0.531. The molecule has 0 aliphatic carbocycles. The third kappa shape index (κ3) is 11.1. The fourth-order valence-electron chi connectivity index (χ4n) is 2.74. The molecule has 0 heterocycles. The second kappa shape index (κ2) is 14.2. The maximum atomic E-state index is 11.9. The first kappa shape index (κ1) is 28.1. The molecule has 0 saturated carbocycles. The average Bonchev–Trinajstić information content (AvgIpc) is 2.72. The number of nitrogens with one attached hydrogen (secondary N) is 1. The second-order valence-electron chi connectivity index (χ2n) is 6.93. The average molecular weight is 480 g/mol. The summed E-state index contributed by atoms with van der Waals surface area (Å²) in [4.78, 5) is 58.5. The molecule has 0 amide bonds. The number of hydrogen-bond donors (Lipinski definition) is 1. The molecule has 1 aromatic carbocycles. The van der Waals surface area contributed by atoms with Crippen LogP contribution in [0.4, 0.5) is 5.69 Å². The highest BCUT2D eigenvalue weighted by molar-refractivity contribution is 5.74. The Kier molecular flexibility index (Phi) is 11.8. The summed E-state index contributed by atoms with van der Waals surface area (Å²) in [5.74, 6) is -3.91. The van der Waals surface area contributed by atoms with Gasteiger partial charge in [0.25, 0.3) is 0 Å². The third-order valence-electron chi connectivity index (χ3n) is 3.88. The Balaban J connectivity index is 3.40. The van der Waals surface area contributed by atoms with Crippen molar-refractivity contribution in [3.05, 3.63) is 30.3 Å². The Labute approximate surface area is 196 Å². The first-order chi connectivity index (χ1) is 16.0. The Morgan fingerprint density at radius 2 is 1.29 bits per heavy atom. The monoisotopic (exact) mass is 480 g/mol. The number of anilines is 1. The topological polar surface area (TPSA) is 156 Å². The van der Waals surface area contributed by atoms with Crippen molar-refractivity contribution in [1.29, 1.82) is 0 Å². The second-order valence-corrected chi connectivity index (χ2v) is 6.93. The lowest BCUT2D eigenvalue weighted by Crippen LogP contribution is -2.53. The summed E-state index contributed by atoms with van der Waals surface area (Å²) in [6, 6.07) is 8.77. The number of rotatable bonds is 12. The molecule has 186 valence electrons. The Hall–Kier alpha value is -3.96. The minimum Gasteiger partial charge on any atom is -0.462 e. The first-order valence-electron chi connectivity index (χ1n) is 10.2. The van der Waals surface area contributed by atoms with Crippen molar-refractivity contribution in [2.75, 3.05) is 12.0 Å². The number of carbonyl (C=O) groups is 5. The molecule has 34 heavy (non-hydrogen) atoms. The van der Waals surface area contributed by atoms with E-state index in [9.17, 15) is 24.0 Å². The molecule has 0 fully saturated rings. The molecule has 1 N–H and O–H groups in total. The van der Waals surface area contributed by atoms with Crippen molar-refractivity contribution in [3.8, 4) is 0 Å². The van der Waals surface area contributed by atoms with Crippen molar-refractivity contribution in [2.45, 2.75) is 59.0 Å². The van der Waals surface area contributed by atoms with Gasteiger partial charge in [0.1, 0.15) is 6.61 Å². The van der Waals surface area contributed by atoms with E-state index in [2.05, 4.69) is 10.5 Å². The Bertz CT molecular complexity index is 887. The molecule has 0 radical (unpaired) electrons. The van der Waals surface area contributed by atoms with Crippen LogP contribution in [0.25, 0.3) is 0 Å². The van der Waals surface area contributed by atoms with Crippen molar-refractivity contribution in [2.24, 2.45) is 5.10 Å². The van der Waals surface area contributed by atoms with Gasteiger partial charge >= 0.3 is 29.8 Å². The summed E-state index contributed by atoms with van der Waals surface area (Å²) in [5, 5.41) is 4.00. The fraction of sp³-hybridized carbons (Fsp3) is 0.455. The molecule has 12 heteroatoms. The Morgan fingerprint density at radius 3 is 1.79 bits per heavy atom. The van der Waals surface area contributed by atoms with E-state index in [4.69, 9.17) is 23.7 Å². The van der Waals surface area contributed by atoms with E-state index in [0.717, 1.165) is 40.8 Å². The van der Waals surface area contributed by atoms with Gasteiger partial charge in [0.05, 0.1) is 11.9 Å². The summed E-state index contributed by atoms with van der Waals surface area (Å²) in [7, 11) is 0. The van der Waals surface area contributed by atoms with Gasteiger partial charge in [0.15, 0.2) is 24.4 Å². The van der Waals surface area contributed by atoms with Gasteiger partial charge in [-0.25, -0.2) is 0 Å². The van der Waals surface area contributed by atoms with E-state index >= 15 is 0 Å². The summed E-state index contributed by atoms with van der Waals surface area (Å²) in [6.07, 6.45) is -4.72. The number of hydrazone groups is 1. The van der Waals surface area contributed by atoms with Gasteiger partial charge in [-0.1, -0.05) is 18.2 Å². The minimum atomic E-state index is -1.53. The van der Waals surface area contributed by atoms with Crippen LogP contribution in [0.5, 0.6) is 0 Å². The maximum Gasteiger partial charge on any atom is 0.303 e. The number of para-hydroxylation sites is 1. The Morgan fingerprint density at radius 1 is 0.765 bits per heavy atom. The molecule has 0 spiro atoms. The molecular formula is C22H28N2O10. The number of hydrogen-bond acceptors (Lipinski definition) is 12. The number of esters is 5. The molecule has 0 bridgehead atoms. The van der Waals surface area contributed by atoms with E-state index in [1.807, 2.05) is 0 Å². The van der Waals surface area contributed by atoms with E-state index in [0.29, 0.717) is 5.69 Å². The lowest BCUT2D eigenvalue weighted by Gasteiger charge is -2.34. The molecule has 4 atom stereocenters. The van der Waals surface area contributed by atoms with E-state index in [1.54, 1.807) is 30.3 Å². The smallest absolute Gasteiger partial charge is 0.303 e. The lowest BCUT2D eigenvalue weighted by atomic mass is 10.0. The molecule has 0 aliphatic rings. The van der Waals surface area contributed by atoms with Crippen LogP contribution in [-0.4, -0.2) is 67.1 Å². The normalized spacial score (nSPS) is 14.1. The molecule has 0 aromatic heterocycles. The van der Waals surface area contributed by atoms with Crippen molar-refractivity contribution >= 4 is 41.7 Å². The van der Waals surface area contributed by atoms with E-state index < -0.39 is 60.9 Å². The highest BCUT2D eigenvalue weighted by Crippen LogP contribution is 2.20. The van der Waals surface area contributed by atoms with Gasteiger partial charge in [0.2, 0.25) is 0 Å². The number of nitrogens with zero attached hydrogens (tertiary/aromatic N) is 1. The summed E-state index contributed by atoms with van der Waals surface area (Å²) in [6.45, 7) is 4.94.